The number of hydrogen-bond donors (Lipinski definition) is 2. The van der Waals surface area contributed by atoms with Gasteiger partial charge in [0.2, 0.25) is 5.91 Å². The highest BCUT2D eigenvalue weighted by Crippen LogP contribution is 2.32. The number of nitrogens with one attached hydrogen (secondary N) is 2. The maximum atomic E-state index is 14.1. The van der Waals surface area contributed by atoms with E-state index in [1.54, 1.807) is 20.8 Å². The molecule has 8 nitrogen and oxygen atoms in total. The lowest BCUT2D eigenvalue weighted by atomic mass is 10.1. The molecule has 1 aliphatic rings. The first-order valence-electron chi connectivity index (χ1n) is 9.76. The molecule has 4 amide bonds. The van der Waals surface area contributed by atoms with Crippen molar-refractivity contribution in [3.63, 3.8) is 0 Å². The second-order valence-electron chi connectivity index (χ2n) is 8.28. The Morgan fingerprint density at radius 3 is 2.06 bits per heavy atom. The molecule has 1 heterocycles. The molecule has 1 atom stereocenters. The molecule has 174 valence electrons. The molecule has 0 saturated heterocycles. The minimum absolute atomic E-state index is 0.0414. The third-order valence-electron chi connectivity index (χ3n) is 4.60. The van der Waals surface area contributed by atoms with Crippen LogP contribution < -0.4 is 10.6 Å². The van der Waals surface area contributed by atoms with Gasteiger partial charge in [-0.25, -0.2) is 9.18 Å². The van der Waals surface area contributed by atoms with Crippen LogP contribution in [0.4, 0.5) is 20.6 Å². The molecule has 0 bridgehead atoms. The average molecular weight is 496 g/mol. The minimum Gasteiger partial charge on any atom is -0.444 e. The fourth-order valence-electron chi connectivity index (χ4n) is 3.08. The van der Waals surface area contributed by atoms with Crippen molar-refractivity contribution in [3.05, 3.63) is 57.3 Å². The molecule has 1 aliphatic heterocycles. The van der Waals surface area contributed by atoms with Gasteiger partial charge in [-0.05, 0) is 58.0 Å². The van der Waals surface area contributed by atoms with Crippen molar-refractivity contribution < 1.29 is 28.3 Å². The number of ether oxygens (including phenoxy) is 1. The minimum atomic E-state index is -1.21. The van der Waals surface area contributed by atoms with Crippen LogP contribution in [0.25, 0.3) is 0 Å². The van der Waals surface area contributed by atoms with Crippen molar-refractivity contribution in [3.8, 4) is 0 Å². The van der Waals surface area contributed by atoms with Crippen LogP contribution in [0.2, 0.25) is 10.0 Å². The molecule has 0 radical (unpaired) electrons. The van der Waals surface area contributed by atoms with Gasteiger partial charge in [0.1, 0.15) is 17.5 Å². The van der Waals surface area contributed by atoms with Gasteiger partial charge in [-0.1, -0.05) is 23.2 Å². The molecule has 0 saturated carbocycles. The lowest BCUT2D eigenvalue weighted by Crippen LogP contribution is -2.45. The molecular weight excluding hydrogens is 476 g/mol. The maximum Gasteiger partial charge on any atom is 0.412 e. The lowest BCUT2D eigenvalue weighted by molar-refractivity contribution is -0.119. The highest BCUT2D eigenvalue weighted by atomic mass is 35.5. The van der Waals surface area contributed by atoms with Crippen LogP contribution in [0.5, 0.6) is 0 Å². The molecule has 0 aliphatic carbocycles. The van der Waals surface area contributed by atoms with E-state index in [1.807, 2.05) is 0 Å². The van der Waals surface area contributed by atoms with Crippen LogP contribution in [0, 0.1) is 5.82 Å². The van der Waals surface area contributed by atoms with Crippen LogP contribution >= 0.6 is 23.2 Å². The topological polar surface area (TPSA) is 105 Å². The number of amides is 4. The van der Waals surface area contributed by atoms with Gasteiger partial charge >= 0.3 is 6.09 Å². The maximum absolute atomic E-state index is 14.1. The number of hydrogen-bond acceptors (Lipinski definition) is 5. The summed E-state index contributed by atoms with van der Waals surface area (Å²) in [6.07, 6.45) is -0.874. The van der Waals surface area contributed by atoms with Crippen LogP contribution in [-0.4, -0.2) is 40.4 Å². The number of anilines is 2. The molecule has 0 spiro atoms. The summed E-state index contributed by atoms with van der Waals surface area (Å²) in [6, 6.07) is 4.84. The molecule has 2 aromatic rings. The highest BCUT2D eigenvalue weighted by molar-refractivity contribution is 6.43. The average Bonchev–Trinajstić information content (AvgIpc) is 2.92. The number of halogens is 3. The quantitative estimate of drug-likeness (QED) is 0.573. The normalized spacial score (nSPS) is 14.1. The van der Waals surface area contributed by atoms with Crippen LogP contribution in [-0.2, 0) is 9.53 Å². The standard InChI is InChI=1S/C22H20Cl2FN3O5/c1-10(28-19(30)12-8-14(23)15(24)9-13(12)20(28)31)18(29)26-11-5-6-16(25)17(7-11)27-21(32)33-22(2,3)4/h5-10H,1-4H3,(H,26,29)(H,27,32). The Bertz CT molecular complexity index is 1140. The molecule has 2 N–H and O–H groups in total. The van der Waals surface area contributed by atoms with E-state index in [-0.39, 0.29) is 32.5 Å². The van der Waals surface area contributed by atoms with Gasteiger partial charge < -0.3 is 10.1 Å². The fraction of sp³-hybridized carbons (Fsp3) is 0.273. The van der Waals surface area contributed by atoms with E-state index in [4.69, 9.17) is 27.9 Å². The number of benzene rings is 2. The summed E-state index contributed by atoms with van der Waals surface area (Å²) in [4.78, 5) is 50.9. The Balaban J connectivity index is 1.76. The van der Waals surface area contributed by atoms with Gasteiger partial charge in [0, 0.05) is 5.69 Å². The van der Waals surface area contributed by atoms with E-state index in [1.165, 1.54) is 31.2 Å². The molecule has 33 heavy (non-hydrogen) atoms. The first-order valence-corrected chi connectivity index (χ1v) is 10.5. The van der Waals surface area contributed by atoms with Crippen molar-refractivity contribution in [2.24, 2.45) is 0 Å². The van der Waals surface area contributed by atoms with E-state index < -0.39 is 41.3 Å². The molecule has 0 fully saturated rings. The van der Waals surface area contributed by atoms with Crippen molar-refractivity contribution in [2.75, 3.05) is 10.6 Å². The number of fused-ring (bicyclic) bond motifs is 1. The largest absolute Gasteiger partial charge is 0.444 e. The second-order valence-corrected chi connectivity index (χ2v) is 9.09. The Morgan fingerprint density at radius 1 is 1.00 bits per heavy atom. The fourth-order valence-corrected chi connectivity index (χ4v) is 3.41. The van der Waals surface area contributed by atoms with Crippen molar-refractivity contribution in [1.82, 2.24) is 4.90 Å². The molecule has 1 unspecified atom stereocenters. The first kappa shape index (κ1) is 24.5. The number of imide groups is 1. The molecule has 3 rings (SSSR count). The van der Waals surface area contributed by atoms with E-state index in [9.17, 15) is 23.6 Å². The second kappa shape index (κ2) is 8.99. The summed E-state index contributed by atoms with van der Waals surface area (Å²) in [5.74, 6) is -2.84. The van der Waals surface area contributed by atoms with Crippen molar-refractivity contribution in [2.45, 2.75) is 39.3 Å². The van der Waals surface area contributed by atoms with Gasteiger partial charge in [0.15, 0.2) is 0 Å². The molecule has 11 heteroatoms. The summed E-state index contributed by atoms with van der Waals surface area (Å²) in [5, 5.41) is 4.98. The van der Waals surface area contributed by atoms with Gasteiger partial charge in [-0.2, -0.15) is 0 Å². The molecular formula is C22H20Cl2FN3O5. The van der Waals surface area contributed by atoms with Gasteiger partial charge in [-0.15, -0.1) is 0 Å². The predicted molar refractivity (Wildman–Crippen MR) is 121 cm³/mol. The highest BCUT2D eigenvalue weighted by Gasteiger charge is 2.41. The number of rotatable bonds is 4. The Morgan fingerprint density at radius 2 is 1.55 bits per heavy atom. The first-order chi connectivity index (χ1) is 15.3. The predicted octanol–water partition coefficient (Wildman–Crippen LogP) is 5.10. The smallest absolute Gasteiger partial charge is 0.412 e. The Kier molecular flexibility index (Phi) is 6.67. The van der Waals surface area contributed by atoms with Crippen LogP contribution in [0.1, 0.15) is 48.4 Å². The number of carbonyl (C=O) groups excluding carboxylic acids is 4. The van der Waals surface area contributed by atoms with Gasteiger partial charge in [-0.3, -0.25) is 24.6 Å². The van der Waals surface area contributed by atoms with Gasteiger partial charge in [0.25, 0.3) is 11.8 Å². The van der Waals surface area contributed by atoms with E-state index >= 15 is 0 Å². The third kappa shape index (κ3) is 5.26. The van der Waals surface area contributed by atoms with Gasteiger partial charge in [0.05, 0.1) is 26.9 Å². The monoisotopic (exact) mass is 495 g/mol. The van der Waals surface area contributed by atoms with E-state index in [0.29, 0.717) is 0 Å². The van der Waals surface area contributed by atoms with Crippen molar-refractivity contribution >= 4 is 58.4 Å². The SMILES string of the molecule is CC(C(=O)Nc1ccc(F)c(NC(=O)OC(C)(C)C)c1)N1C(=O)c2cc(Cl)c(Cl)cc2C1=O. The third-order valence-corrected chi connectivity index (χ3v) is 5.32. The van der Waals surface area contributed by atoms with E-state index in [2.05, 4.69) is 10.6 Å². The summed E-state index contributed by atoms with van der Waals surface area (Å²) in [5.41, 5.74) is -0.802. The van der Waals surface area contributed by atoms with Crippen LogP contribution in [0.3, 0.4) is 0 Å². The summed E-state index contributed by atoms with van der Waals surface area (Å²) >= 11 is 11.9. The number of nitrogens with zero attached hydrogens (tertiary/aromatic N) is 1. The van der Waals surface area contributed by atoms with E-state index in [0.717, 1.165) is 11.0 Å². The lowest BCUT2D eigenvalue weighted by Gasteiger charge is -2.22. The summed E-state index contributed by atoms with van der Waals surface area (Å²) < 4.78 is 19.2. The van der Waals surface area contributed by atoms with Crippen molar-refractivity contribution in [1.29, 1.82) is 0 Å². The zero-order valence-electron chi connectivity index (χ0n) is 18.1. The zero-order valence-corrected chi connectivity index (χ0v) is 19.6. The number of carbonyl (C=O) groups is 4. The summed E-state index contributed by atoms with van der Waals surface area (Å²) in [6.45, 7) is 6.33. The molecule has 2 aromatic carbocycles. The zero-order chi connectivity index (χ0) is 24.7. The van der Waals surface area contributed by atoms with Crippen LogP contribution in [0.15, 0.2) is 30.3 Å². The Labute approximate surface area is 199 Å². The summed E-state index contributed by atoms with van der Waals surface area (Å²) in [7, 11) is 0. The molecule has 0 aromatic heterocycles. The Hall–Kier alpha value is -3.17.